The first-order chi connectivity index (χ1) is 25.5. The third-order valence-corrected chi connectivity index (χ3v) is 9.95. The van der Waals surface area contributed by atoms with E-state index in [1.54, 1.807) is 48.5 Å². The van der Waals surface area contributed by atoms with Crippen molar-refractivity contribution < 1.29 is 43.7 Å². The smallest absolute Gasteiger partial charge is 0.246 e. The highest BCUT2D eigenvalue weighted by atomic mass is 16.5. The number of likely N-dealkylation sites (N-methyl/N-ethyl adjacent to an activating group) is 3. The molecule has 5 N–H and O–H groups in total. The molecule has 6 rings (SSSR count). The highest BCUT2D eigenvalue weighted by molar-refractivity contribution is 5.98. The van der Waals surface area contributed by atoms with E-state index in [2.05, 4.69) is 16.0 Å². The summed E-state index contributed by atoms with van der Waals surface area (Å²) in [6, 6.07) is 10.5. The van der Waals surface area contributed by atoms with Gasteiger partial charge in [-0.3, -0.25) is 28.8 Å². The van der Waals surface area contributed by atoms with Crippen molar-refractivity contribution in [2.75, 3.05) is 21.1 Å². The number of nitrogens with zero attached hydrogens (tertiary/aromatic N) is 3. The molecular formula is C39H46N6O9. The predicted octanol–water partition coefficient (Wildman–Crippen LogP) is 1.24. The Kier molecular flexibility index (Phi) is 11.8. The molecule has 6 bridgehead atoms. The summed E-state index contributed by atoms with van der Waals surface area (Å²) in [5.41, 5.74) is 1.79. The maximum Gasteiger partial charge on any atom is 0.246 e. The van der Waals surface area contributed by atoms with Gasteiger partial charge in [0.15, 0.2) is 11.5 Å². The minimum atomic E-state index is -1.21. The highest BCUT2D eigenvalue weighted by Crippen LogP contribution is 2.33. The van der Waals surface area contributed by atoms with Crippen molar-refractivity contribution in [3.05, 3.63) is 83.4 Å². The number of carbonyl (C=O) groups excluding carboxylic acids is 6. The number of ether oxygens (including phenoxy) is 1. The molecule has 3 aromatic carbocycles. The molecule has 1 fully saturated rings. The summed E-state index contributed by atoms with van der Waals surface area (Å²) in [7, 11) is 4.29. The second-order valence-corrected chi connectivity index (χ2v) is 13.9. The van der Waals surface area contributed by atoms with E-state index in [1.165, 1.54) is 74.8 Å². The Morgan fingerprint density at radius 3 is 1.80 bits per heavy atom. The number of aromatic hydroxyl groups is 2. The summed E-state index contributed by atoms with van der Waals surface area (Å²) >= 11 is 0. The Morgan fingerprint density at radius 2 is 1.15 bits per heavy atom. The quantitative estimate of drug-likeness (QED) is 0.257. The van der Waals surface area contributed by atoms with Crippen LogP contribution in [0, 0.1) is 0 Å². The summed E-state index contributed by atoms with van der Waals surface area (Å²) in [4.78, 5) is 87.4. The lowest BCUT2D eigenvalue weighted by molar-refractivity contribution is -0.149. The van der Waals surface area contributed by atoms with Gasteiger partial charge in [-0.2, -0.15) is 0 Å². The zero-order valence-corrected chi connectivity index (χ0v) is 31.0. The van der Waals surface area contributed by atoms with Gasteiger partial charge in [-0.15, -0.1) is 0 Å². The van der Waals surface area contributed by atoms with Crippen LogP contribution in [0.15, 0.2) is 66.7 Å². The van der Waals surface area contributed by atoms with Gasteiger partial charge >= 0.3 is 0 Å². The SMILES string of the molecule is C[C@@H]1NC(=O)[C@@H]2Cc3ccc(O)c(c3)Oc3ccc(cc3)C[C@@H](C(=O)N2C)N(C)C(=O)[C@@H](C)NC(=O)[C@@H](Cc2ccc(O)cc2)N(C)C(=O)[C@@H](C)NC1=O. The van der Waals surface area contributed by atoms with Crippen molar-refractivity contribution in [3.8, 4) is 23.0 Å². The summed E-state index contributed by atoms with van der Waals surface area (Å²) in [6.07, 6.45) is -0.0298. The zero-order valence-electron chi connectivity index (χ0n) is 31.0. The molecule has 54 heavy (non-hydrogen) atoms. The lowest BCUT2D eigenvalue weighted by atomic mass is 9.98. The largest absolute Gasteiger partial charge is 0.508 e. The van der Waals surface area contributed by atoms with Crippen LogP contribution in [0.25, 0.3) is 0 Å². The summed E-state index contributed by atoms with van der Waals surface area (Å²) in [5, 5.41) is 28.3. The standard InChI is InChI=1S/C39H46N6O9/c1-21-34(48)41-22(2)37(51)43(4)29(17-24-7-12-27(46)13-8-24)36(50)42-23(3)38(52)45(6)31-18-25-9-14-28(15-10-25)54-33-20-26(11-16-32(33)47)19-30(35(49)40-21)44(5)39(31)53/h7-16,20-23,29-31,46-47H,17-19H2,1-6H3,(H,40,49)(H,41,48)(H,42,50)/t21-,22+,23+,29+,30-,31-/m0/s1. The van der Waals surface area contributed by atoms with Crippen LogP contribution in [0.3, 0.4) is 0 Å². The van der Waals surface area contributed by atoms with E-state index in [0.717, 1.165) is 0 Å². The maximum absolute atomic E-state index is 14.6. The fraction of sp³-hybridized carbons (Fsp3) is 0.385. The lowest BCUT2D eigenvalue weighted by Crippen LogP contribution is -2.61. The third-order valence-electron chi connectivity index (χ3n) is 9.95. The van der Waals surface area contributed by atoms with Gasteiger partial charge in [0.05, 0.1) is 0 Å². The van der Waals surface area contributed by atoms with Crippen molar-refractivity contribution in [2.24, 2.45) is 0 Å². The first kappa shape index (κ1) is 39.1. The van der Waals surface area contributed by atoms with E-state index in [9.17, 15) is 39.0 Å². The Bertz CT molecular complexity index is 1920. The number of phenols is 2. The Balaban J connectivity index is 1.58. The average Bonchev–Trinajstić information content (AvgIpc) is 3.14. The minimum absolute atomic E-state index is 0.00770. The molecule has 0 unspecified atom stereocenters. The Hall–Kier alpha value is -6.12. The van der Waals surface area contributed by atoms with Gasteiger partial charge in [0.1, 0.15) is 47.8 Å². The van der Waals surface area contributed by atoms with Crippen LogP contribution >= 0.6 is 0 Å². The van der Waals surface area contributed by atoms with Crippen LogP contribution in [-0.4, -0.2) is 118 Å². The summed E-state index contributed by atoms with van der Waals surface area (Å²) in [6.45, 7) is 4.36. The van der Waals surface area contributed by atoms with E-state index in [1.807, 2.05) is 0 Å². The van der Waals surface area contributed by atoms with Gasteiger partial charge < -0.3 is 45.6 Å². The third kappa shape index (κ3) is 8.73. The van der Waals surface area contributed by atoms with Gasteiger partial charge in [-0.05, 0) is 73.9 Å². The molecule has 3 heterocycles. The topological polar surface area (TPSA) is 198 Å². The number of rotatable bonds is 2. The van der Waals surface area contributed by atoms with E-state index in [-0.39, 0.29) is 36.5 Å². The molecule has 286 valence electrons. The molecule has 0 aromatic heterocycles. The maximum atomic E-state index is 14.6. The number of fused-ring (bicyclic) bond motifs is 2. The van der Waals surface area contributed by atoms with Crippen molar-refractivity contribution in [3.63, 3.8) is 0 Å². The lowest BCUT2D eigenvalue weighted by Gasteiger charge is -2.36. The van der Waals surface area contributed by atoms with Gasteiger partial charge in [0.25, 0.3) is 0 Å². The number of nitrogens with one attached hydrogen (secondary N) is 3. The molecule has 6 amide bonds. The molecular weight excluding hydrogens is 696 g/mol. The molecule has 0 saturated carbocycles. The van der Waals surface area contributed by atoms with E-state index >= 15 is 0 Å². The fourth-order valence-electron chi connectivity index (χ4n) is 6.54. The predicted molar refractivity (Wildman–Crippen MR) is 196 cm³/mol. The van der Waals surface area contributed by atoms with Crippen LogP contribution in [0.1, 0.15) is 37.5 Å². The van der Waals surface area contributed by atoms with Crippen LogP contribution in [0.5, 0.6) is 23.0 Å². The van der Waals surface area contributed by atoms with E-state index in [4.69, 9.17) is 4.74 Å². The van der Waals surface area contributed by atoms with Crippen molar-refractivity contribution in [1.29, 1.82) is 0 Å². The normalized spacial score (nSPS) is 24.9. The molecule has 0 aliphatic carbocycles. The zero-order chi connectivity index (χ0) is 39.4. The van der Waals surface area contributed by atoms with Crippen molar-refractivity contribution in [1.82, 2.24) is 30.7 Å². The fourth-order valence-corrected chi connectivity index (χ4v) is 6.54. The molecule has 0 radical (unpaired) electrons. The molecule has 3 aliphatic rings. The Morgan fingerprint density at radius 1 is 0.611 bits per heavy atom. The number of carbonyl (C=O) groups is 6. The molecule has 0 spiro atoms. The van der Waals surface area contributed by atoms with Crippen molar-refractivity contribution in [2.45, 2.75) is 76.3 Å². The molecule has 3 aliphatic heterocycles. The number of hydrogen-bond acceptors (Lipinski definition) is 9. The van der Waals surface area contributed by atoms with Crippen LogP contribution in [0.2, 0.25) is 0 Å². The number of benzene rings is 3. The molecule has 3 aromatic rings. The van der Waals surface area contributed by atoms with Crippen LogP contribution in [-0.2, 0) is 48.0 Å². The van der Waals surface area contributed by atoms with Gasteiger partial charge in [-0.1, -0.05) is 30.3 Å². The first-order valence-electron chi connectivity index (χ1n) is 17.6. The first-order valence-corrected chi connectivity index (χ1v) is 17.6. The Labute approximate surface area is 313 Å². The second-order valence-electron chi connectivity index (χ2n) is 13.9. The molecule has 15 nitrogen and oxygen atoms in total. The monoisotopic (exact) mass is 742 g/mol. The number of hydrogen-bond donors (Lipinski definition) is 5. The molecule has 15 heteroatoms. The second kappa shape index (κ2) is 16.3. The summed E-state index contributed by atoms with van der Waals surface area (Å²) < 4.78 is 5.96. The average molecular weight is 743 g/mol. The number of phenolic OH excluding ortho intramolecular Hbond substituents is 2. The van der Waals surface area contributed by atoms with E-state index < -0.39 is 71.7 Å². The van der Waals surface area contributed by atoms with Gasteiger partial charge in [-0.25, -0.2) is 0 Å². The van der Waals surface area contributed by atoms with Crippen LogP contribution < -0.4 is 20.7 Å². The molecule has 6 atom stereocenters. The van der Waals surface area contributed by atoms with E-state index in [0.29, 0.717) is 22.4 Å². The van der Waals surface area contributed by atoms with Crippen molar-refractivity contribution >= 4 is 35.4 Å². The van der Waals surface area contributed by atoms with Crippen LogP contribution in [0.4, 0.5) is 0 Å². The summed E-state index contributed by atoms with van der Waals surface area (Å²) in [5.74, 6) is -3.41. The number of amides is 6. The van der Waals surface area contributed by atoms with Gasteiger partial charge in [0.2, 0.25) is 35.4 Å². The minimum Gasteiger partial charge on any atom is -0.508 e. The van der Waals surface area contributed by atoms with Gasteiger partial charge in [0, 0.05) is 40.4 Å². The molecule has 1 saturated heterocycles. The highest BCUT2D eigenvalue weighted by Gasteiger charge is 2.39.